The van der Waals surface area contributed by atoms with E-state index in [-0.39, 0.29) is 17.7 Å². The molecule has 2 atom stereocenters. The molecule has 1 aliphatic heterocycles. The Morgan fingerprint density at radius 3 is 2.76 bits per heavy atom. The van der Waals surface area contributed by atoms with Gasteiger partial charge in [0.25, 0.3) is 0 Å². The third-order valence-corrected chi connectivity index (χ3v) is 6.40. The number of nitrogens with zero attached hydrogens (tertiary/aromatic N) is 2. The van der Waals surface area contributed by atoms with Crippen LogP contribution in [0.25, 0.3) is 10.8 Å². The van der Waals surface area contributed by atoms with Crippen molar-refractivity contribution in [2.45, 2.75) is 26.3 Å². The fourth-order valence-corrected chi connectivity index (χ4v) is 4.66. The first-order chi connectivity index (χ1) is 16.6. The molecular formula is C28H35N3O3. The molecular weight excluding hydrogens is 426 g/mol. The van der Waals surface area contributed by atoms with E-state index in [0.29, 0.717) is 19.8 Å². The van der Waals surface area contributed by atoms with Gasteiger partial charge in [-0.1, -0.05) is 36.4 Å². The standard InChI is InChI=1S/C28H35N3O3/c1-21-8-11-27(16-30-21)34-20-23-15-26(28(32)29-12-5-13-33-2)19-31(18-23)17-22-9-10-24-6-3-4-7-25(24)14-22/h3-4,6-11,14,16,23,26H,5,12-13,15,17-20H2,1-2H3,(H,29,32)/t23-,26+/m0/s1. The molecule has 4 rings (SSSR count). The summed E-state index contributed by atoms with van der Waals surface area (Å²) >= 11 is 0. The largest absolute Gasteiger partial charge is 0.492 e. The molecule has 6 heteroatoms. The molecule has 2 heterocycles. The Morgan fingerprint density at radius 1 is 1.12 bits per heavy atom. The minimum atomic E-state index is -0.0542. The quantitative estimate of drug-likeness (QED) is 0.458. The van der Waals surface area contributed by atoms with Gasteiger partial charge < -0.3 is 14.8 Å². The lowest BCUT2D eigenvalue weighted by molar-refractivity contribution is -0.127. The molecule has 6 nitrogen and oxygen atoms in total. The van der Waals surface area contributed by atoms with Crippen LogP contribution in [0.5, 0.6) is 5.75 Å². The number of hydrogen-bond donors (Lipinski definition) is 1. The van der Waals surface area contributed by atoms with Gasteiger partial charge in [0.1, 0.15) is 5.75 Å². The molecule has 1 aromatic heterocycles. The van der Waals surface area contributed by atoms with E-state index >= 15 is 0 Å². The van der Waals surface area contributed by atoms with Crippen LogP contribution < -0.4 is 10.1 Å². The Hall–Kier alpha value is -2.96. The third-order valence-electron chi connectivity index (χ3n) is 6.40. The average Bonchev–Trinajstić information content (AvgIpc) is 2.86. The Kier molecular flexibility index (Phi) is 8.50. The molecule has 0 spiro atoms. The summed E-state index contributed by atoms with van der Waals surface area (Å²) in [6.07, 6.45) is 3.41. The van der Waals surface area contributed by atoms with E-state index in [0.717, 1.165) is 43.9 Å². The zero-order valence-corrected chi connectivity index (χ0v) is 20.2. The van der Waals surface area contributed by atoms with Crippen LogP contribution in [-0.4, -0.2) is 55.7 Å². The first kappa shape index (κ1) is 24.2. The van der Waals surface area contributed by atoms with Gasteiger partial charge in [0.2, 0.25) is 5.91 Å². The lowest BCUT2D eigenvalue weighted by atomic mass is 9.88. The van der Waals surface area contributed by atoms with Crippen LogP contribution >= 0.6 is 0 Å². The van der Waals surface area contributed by atoms with Crippen molar-refractivity contribution >= 4 is 16.7 Å². The van der Waals surface area contributed by atoms with Crippen LogP contribution in [-0.2, 0) is 16.1 Å². The van der Waals surface area contributed by atoms with Gasteiger partial charge in [0, 0.05) is 51.5 Å². The summed E-state index contributed by atoms with van der Waals surface area (Å²) in [4.78, 5) is 19.7. The topological polar surface area (TPSA) is 63.7 Å². The molecule has 2 aromatic carbocycles. The molecule has 1 aliphatic rings. The summed E-state index contributed by atoms with van der Waals surface area (Å²) in [6, 6.07) is 19.0. The predicted molar refractivity (Wildman–Crippen MR) is 135 cm³/mol. The summed E-state index contributed by atoms with van der Waals surface area (Å²) in [5.74, 6) is 1.12. The van der Waals surface area contributed by atoms with E-state index in [9.17, 15) is 4.79 Å². The van der Waals surface area contributed by atoms with Crippen molar-refractivity contribution < 1.29 is 14.3 Å². The van der Waals surface area contributed by atoms with E-state index in [1.54, 1.807) is 13.3 Å². The highest BCUT2D eigenvalue weighted by Gasteiger charge is 2.32. The first-order valence-corrected chi connectivity index (χ1v) is 12.1. The number of nitrogens with one attached hydrogen (secondary N) is 1. The molecule has 1 saturated heterocycles. The van der Waals surface area contributed by atoms with Crippen molar-refractivity contribution in [2.24, 2.45) is 11.8 Å². The van der Waals surface area contributed by atoms with Crippen LogP contribution in [0.3, 0.4) is 0 Å². The van der Waals surface area contributed by atoms with Crippen molar-refractivity contribution in [3.63, 3.8) is 0 Å². The summed E-state index contributed by atoms with van der Waals surface area (Å²) in [7, 11) is 1.68. The van der Waals surface area contributed by atoms with Gasteiger partial charge in [-0.15, -0.1) is 0 Å². The number of amides is 1. The molecule has 0 aliphatic carbocycles. The number of likely N-dealkylation sites (tertiary alicyclic amines) is 1. The zero-order valence-electron chi connectivity index (χ0n) is 20.2. The Balaban J connectivity index is 1.42. The number of piperidine rings is 1. The van der Waals surface area contributed by atoms with Crippen LogP contribution in [0, 0.1) is 18.8 Å². The number of methoxy groups -OCH3 is 1. The second-order valence-electron chi connectivity index (χ2n) is 9.26. The fourth-order valence-electron chi connectivity index (χ4n) is 4.66. The highest BCUT2D eigenvalue weighted by molar-refractivity contribution is 5.83. The van der Waals surface area contributed by atoms with Crippen molar-refractivity contribution in [1.82, 2.24) is 15.2 Å². The maximum atomic E-state index is 13.0. The maximum absolute atomic E-state index is 13.0. The van der Waals surface area contributed by atoms with Gasteiger partial charge in [0.15, 0.2) is 0 Å². The maximum Gasteiger partial charge on any atom is 0.224 e. The monoisotopic (exact) mass is 461 g/mol. The molecule has 180 valence electrons. The van der Waals surface area contributed by atoms with Gasteiger partial charge in [-0.2, -0.15) is 0 Å². The second-order valence-corrected chi connectivity index (χ2v) is 9.26. The number of benzene rings is 2. The molecule has 0 unspecified atom stereocenters. The Labute approximate surface area is 202 Å². The van der Waals surface area contributed by atoms with E-state index < -0.39 is 0 Å². The average molecular weight is 462 g/mol. The molecule has 0 bridgehead atoms. The summed E-state index contributed by atoms with van der Waals surface area (Å²) in [5, 5.41) is 5.59. The number of fused-ring (bicyclic) bond motifs is 1. The highest BCUT2D eigenvalue weighted by Crippen LogP contribution is 2.26. The second kappa shape index (κ2) is 12.0. The number of aromatic nitrogens is 1. The predicted octanol–water partition coefficient (Wildman–Crippen LogP) is 4.21. The van der Waals surface area contributed by atoms with Crippen molar-refractivity contribution in [3.05, 3.63) is 72.1 Å². The highest BCUT2D eigenvalue weighted by atomic mass is 16.5. The number of carbonyl (C=O) groups is 1. The molecule has 1 amide bonds. The smallest absolute Gasteiger partial charge is 0.224 e. The lowest BCUT2D eigenvalue weighted by Gasteiger charge is -2.37. The van der Waals surface area contributed by atoms with Crippen molar-refractivity contribution in [1.29, 1.82) is 0 Å². The van der Waals surface area contributed by atoms with Crippen molar-refractivity contribution in [3.8, 4) is 5.75 Å². The molecule has 0 radical (unpaired) electrons. The zero-order chi connectivity index (χ0) is 23.8. The summed E-state index contributed by atoms with van der Waals surface area (Å²) in [5.41, 5.74) is 2.24. The van der Waals surface area contributed by atoms with E-state index in [4.69, 9.17) is 9.47 Å². The van der Waals surface area contributed by atoms with Gasteiger partial charge in [0.05, 0.1) is 18.7 Å². The molecule has 1 fully saturated rings. The van der Waals surface area contributed by atoms with E-state index in [1.165, 1.54) is 16.3 Å². The summed E-state index contributed by atoms with van der Waals surface area (Å²) in [6.45, 7) is 6.31. The SMILES string of the molecule is COCCCNC(=O)[C@@H]1C[C@H](COc2ccc(C)nc2)CN(Cc2ccc3ccccc3c2)C1. The lowest BCUT2D eigenvalue weighted by Crippen LogP contribution is -2.47. The van der Waals surface area contributed by atoms with Crippen LogP contribution in [0.2, 0.25) is 0 Å². The van der Waals surface area contributed by atoms with Crippen LogP contribution in [0.1, 0.15) is 24.1 Å². The molecule has 34 heavy (non-hydrogen) atoms. The minimum Gasteiger partial charge on any atom is -0.492 e. The minimum absolute atomic E-state index is 0.0542. The van der Waals surface area contributed by atoms with Gasteiger partial charge >= 0.3 is 0 Å². The van der Waals surface area contributed by atoms with Gasteiger partial charge in [-0.25, -0.2) is 0 Å². The van der Waals surface area contributed by atoms with Gasteiger partial charge in [-0.05, 0) is 54.3 Å². The number of aryl methyl sites for hydroxylation is 1. The molecule has 3 aromatic rings. The number of pyridine rings is 1. The Bertz CT molecular complexity index is 1070. The van der Waals surface area contributed by atoms with E-state index in [2.05, 4.69) is 57.7 Å². The number of carbonyl (C=O) groups excluding carboxylic acids is 1. The molecule has 0 saturated carbocycles. The fraction of sp³-hybridized carbons (Fsp3) is 0.429. The summed E-state index contributed by atoms with van der Waals surface area (Å²) < 4.78 is 11.2. The third kappa shape index (κ3) is 6.78. The normalized spacial score (nSPS) is 18.6. The van der Waals surface area contributed by atoms with E-state index in [1.807, 2.05) is 19.1 Å². The first-order valence-electron chi connectivity index (χ1n) is 12.1. The number of rotatable bonds is 10. The van der Waals surface area contributed by atoms with Gasteiger partial charge in [-0.3, -0.25) is 14.7 Å². The van der Waals surface area contributed by atoms with Crippen LogP contribution in [0.15, 0.2) is 60.8 Å². The number of ether oxygens (including phenoxy) is 2. The Morgan fingerprint density at radius 2 is 1.97 bits per heavy atom. The molecule has 1 N–H and O–H groups in total. The van der Waals surface area contributed by atoms with Crippen LogP contribution in [0.4, 0.5) is 0 Å². The van der Waals surface area contributed by atoms with Crippen molar-refractivity contribution in [2.75, 3.05) is 40.0 Å². The number of hydrogen-bond acceptors (Lipinski definition) is 5.